The first-order chi connectivity index (χ1) is 12.9. The van der Waals surface area contributed by atoms with Gasteiger partial charge in [0.15, 0.2) is 5.69 Å². The van der Waals surface area contributed by atoms with Crippen molar-refractivity contribution in [3.63, 3.8) is 0 Å². The van der Waals surface area contributed by atoms with Gasteiger partial charge in [-0.2, -0.15) is 5.10 Å². The van der Waals surface area contributed by atoms with Gasteiger partial charge in [-0.1, -0.05) is 24.3 Å². The van der Waals surface area contributed by atoms with Gasteiger partial charge in [0, 0.05) is 21.4 Å². The highest BCUT2D eigenvalue weighted by molar-refractivity contribution is 14.1. The van der Waals surface area contributed by atoms with Crippen LogP contribution in [0.4, 0.5) is 11.4 Å². The molecule has 0 aliphatic heterocycles. The number of aromatic nitrogens is 2. The fraction of sp³-hybridized carbons (Fsp3) is 0.0556. The van der Waals surface area contributed by atoms with Gasteiger partial charge in [0.1, 0.15) is 5.69 Å². The first kappa shape index (κ1) is 18.7. The van der Waals surface area contributed by atoms with Crippen LogP contribution in [0, 0.1) is 20.6 Å². The van der Waals surface area contributed by atoms with Gasteiger partial charge in [-0.3, -0.25) is 19.7 Å². The van der Waals surface area contributed by atoms with Crippen molar-refractivity contribution in [2.45, 2.75) is 6.92 Å². The number of nitrogens with one attached hydrogen (secondary N) is 1. The van der Waals surface area contributed by atoms with E-state index in [1.54, 1.807) is 25.1 Å². The summed E-state index contributed by atoms with van der Waals surface area (Å²) in [4.78, 5) is 35.6. The summed E-state index contributed by atoms with van der Waals surface area (Å²) >= 11 is 2.06. The van der Waals surface area contributed by atoms with Crippen LogP contribution in [-0.4, -0.2) is 20.6 Å². The fourth-order valence-corrected chi connectivity index (χ4v) is 3.01. The average molecular weight is 476 g/mol. The van der Waals surface area contributed by atoms with Crippen LogP contribution in [0.5, 0.6) is 0 Å². The van der Waals surface area contributed by atoms with Crippen LogP contribution in [-0.2, 0) is 0 Å². The van der Waals surface area contributed by atoms with Crippen molar-refractivity contribution in [2.24, 2.45) is 0 Å². The highest BCUT2D eigenvalue weighted by atomic mass is 127. The first-order valence-electron chi connectivity index (χ1n) is 7.79. The zero-order valence-electron chi connectivity index (χ0n) is 14.0. The molecule has 0 spiro atoms. The maximum absolute atomic E-state index is 12.6. The molecule has 0 radical (unpaired) electrons. The van der Waals surface area contributed by atoms with Crippen LogP contribution >= 0.6 is 22.6 Å². The molecular formula is C18H13IN4O4. The largest absolute Gasteiger partial charge is 0.319 e. The molecule has 8 nitrogen and oxygen atoms in total. The van der Waals surface area contributed by atoms with Crippen LogP contribution < -0.4 is 10.7 Å². The Balaban J connectivity index is 2.08. The normalized spacial score (nSPS) is 10.4. The van der Waals surface area contributed by atoms with Crippen LogP contribution in [0.15, 0.2) is 59.4 Å². The topological polar surface area (TPSA) is 107 Å². The zero-order valence-corrected chi connectivity index (χ0v) is 16.2. The summed E-state index contributed by atoms with van der Waals surface area (Å²) in [6.07, 6.45) is 0. The van der Waals surface area contributed by atoms with E-state index in [1.165, 1.54) is 28.9 Å². The van der Waals surface area contributed by atoms with E-state index in [0.717, 1.165) is 3.57 Å². The molecule has 0 aliphatic rings. The second kappa shape index (κ2) is 7.66. The molecule has 136 valence electrons. The van der Waals surface area contributed by atoms with Crippen molar-refractivity contribution >= 4 is 39.9 Å². The van der Waals surface area contributed by atoms with Gasteiger partial charge in [0.05, 0.1) is 10.6 Å². The number of rotatable bonds is 4. The molecule has 0 fully saturated rings. The third-order valence-electron chi connectivity index (χ3n) is 3.75. The van der Waals surface area contributed by atoms with Crippen molar-refractivity contribution in [1.29, 1.82) is 0 Å². The van der Waals surface area contributed by atoms with Crippen LogP contribution in [0.25, 0.3) is 5.69 Å². The predicted octanol–water partition coefficient (Wildman–Crippen LogP) is 3.31. The standard InChI is InChI=1S/C18H13IN4O4/c1-11-10-16(24)17(18(25)20-13-7-3-2-6-12(13)19)21-22(11)14-8-4-5-9-15(14)23(26)27/h2-10H,1H3,(H,20,25). The number of hydrogen-bond acceptors (Lipinski definition) is 5. The number of hydrogen-bond donors (Lipinski definition) is 1. The Morgan fingerprint density at radius 3 is 2.56 bits per heavy atom. The Morgan fingerprint density at radius 1 is 1.19 bits per heavy atom. The highest BCUT2D eigenvalue weighted by Gasteiger charge is 2.20. The number of amides is 1. The number of anilines is 1. The van der Waals surface area contributed by atoms with E-state index in [9.17, 15) is 19.7 Å². The molecule has 2 aromatic carbocycles. The lowest BCUT2D eigenvalue weighted by molar-refractivity contribution is -0.384. The lowest BCUT2D eigenvalue weighted by atomic mass is 10.2. The number of carbonyl (C=O) groups excluding carboxylic acids is 1. The van der Waals surface area contributed by atoms with E-state index < -0.39 is 16.3 Å². The molecule has 27 heavy (non-hydrogen) atoms. The summed E-state index contributed by atoms with van der Waals surface area (Å²) < 4.78 is 2.03. The predicted molar refractivity (Wildman–Crippen MR) is 108 cm³/mol. The quantitative estimate of drug-likeness (QED) is 0.353. The van der Waals surface area contributed by atoms with Crippen LogP contribution in [0.2, 0.25) is 0 Å². The number of benzene rings is 2. The van der Waals surface area contributed by atoms with Crippen molar-refractivity contribution in [1.82, 2.24) is 9.78 Å². The number of nitrogens with zero attached hydrogens (tertiary/aromatic N) is 3. The van der Waals surface area contributed by atoms with Crippen LogP contribution in [0.3, 0.4) is 0 Å². The Labute approximate surface area is 167 Å². The van der Waals surface area contributed by atoms with Crippen molar-refractivity contribution in [3.8, 4) is 5.69 Å². The van der Waals surface area contributed by atoms with Crippen LogP contribution in [0.1, 0.15) is 16.2 Å². The number of nitro benzene ring substituents is 1. The number of nitro groups is 1. The van der Waals surface area contributed by atoms with E-state index in [0.29, 0.717) is 11.4 Å². The summed E-state index contributed by atoms with van der Waals surface area (Å²) in [6.45, 7) is 1.59. The average Bonchev–Trinajstić information content (AvgIpc) is 2.63. The second-order valence-electron chi connectivity index (χ2n) is 5.59. The molecule has 1 heterocycles. The SMILES string of the molecule is Cc1cc(=O)c(C(=O)Nc2ccccc2I)nn1-c1ccccc1[N+](=O)[O-]. The summed E-state index contributed by atoms with van der Waals surface area (Å²) in [5, 5.41) is 18.0. The van der Waals surface area contributed by atoms with Gasteiger partial charge in [0.25, 0.3) is 11.6 Å². The van der Waals surface area contributed by atoms with Gasteiger partial charge in [0.2, 0.25) is 5.43 Å². The molecule has 0 aliphatic carbocycles. The molecule has 0 unspecified atom stereocenters. The molecule has 0 saturated carbocycles. The Hall–Kier alpha value is -3.08. The zero-order chi connectivity index (χ0) is 19.6. The minimum atomic E-state index is -0.684. The van der Waals surface area contributed by atoms with E-state index in [-0.39, 0.29) is 17.1 Å². The van der Waals surface area contributed by atoms with Crippen molar-refractivity contribution in [3.05, 3.63) is 89.9 Å². The molecule has 1 N–H and O–H groups in total. The van der Waals surface area contributed by atoms with Gasteiger partial charge in [-0.25, -0.2) is 4.68 Å². The van der Waals surface area contributed by atoms with E-state index in [1.807, 2.05) is 12.1 Å². The van der Waals surface area contributed by atoms with Crippen molar-refractivity contribution in [2.75, 3.05) is 5.32 Å². The molecule has 0 bridgehead atoms. The molecule has 0 atom stereocenters. The summed E-state index contributed by atoms with van der Waals surface area (Å²) in [5.41, 5.74) is -0.00417. The third kappa shape index (κ3) is 3.87. The molecule has 1 aromatic heterocycles. The molecule has 0 saturated heterocycles. The summed E-state index contributed by atoms with van der Waals surface area (Å²) in [7, 11) is 0. The monoisotopic (exact) mass is 476 g/mol. The van der Waals surface area contributed by atoms with Crippen molar-refractivity contribution < 1.29 is 9.72 Å². The minimum absolute atomic E-state index is 0.170. The highest BCUT2D eigenvalue weighted by Crippen LogP contribution is 2.22. The lowest BCUT2D eigenvalue weighted by Crippen LogP contribution is -2.27. The van der Waals surface area contributed by atoms with Gasteiger partial charge < -0.3 is 5.32 Å². The fourth-order valence-electron chi connectivity index (χ4n) is 2.49. The molecule has 9 heteroatoms. The Morgan fingerprint density at radius 2 is 1.85 bits per heavy atom. The smallest absolute Gasteiger partial charge is 0.294 e. The maximum Gasteiger partial charge on any atom is 0.294 e. The molecular weight excluding hydrogens is 463 g/mol. The first-order valence-corrected chi connectivity index (χ1v) is 8.87. The second-order valence-corrected chi connectivity index (χ2v) is 6.75. The molecule has 1 amide bonds. The molecule has 3 rings (SSSR count). The van der Waals surface area contributed by atoms with E-state index in [4.69, 9.17) is 0 Å². The number of carbonyl (C=O) groups is 1. The Bertz CT molecular complexity index is 1110. The summed E-state index contributed by atoms with van der Waals surface area (Å²) in [6, 6.07) is 14.3. The Kier molecular flexibility index (Phi) is 5.31. The van der Waals surface area contributed by atoms with Gasteiger partial charge >= 0.3 is 0 Å². The lowest BCUT2D eigenvalue weighted by Gasteiger charge is -2.12. The maximum atomic E-state index is 12.6. The minimum Gasteiger partial charge on any atom is -0.319 e. The third-order valence-corrected chi connectivity index (χ3v) is 4.69. The molecule has 3 aromatic rings. The number of para-hydroxylation sites is 3. The van der Waals surface area contributed by atoms with E-state index >= 15 is 0 Å². The number of aryl methyl sites for hydroxylation is 1. The van der Waals surface area contributed by atoms with Gasteiger partial charge in [-0.05, 0) is 47.7 Å². The summed E-state index contributed by atoms with van der Waals surface area (Å²) in [5.74, 6) is -0.684. The number of halogens is 1. The van der Waals surface area contributed by atoms with E-state index in [2.05, 4.69) is 33.0 Å². The van der Waals surface area contributed by atoms with Gasteiger partial charge in [-0.15, -0.1) is 0 Å².